The van der Waals surface area contributed by atoms with Gasteiger partial charge >= 0.3 is 0 Å². The Morgan fingerprint density at radius 1 is 1.24 bits per heavy atom. The average Bonchev–Trinajstić information content (AvgIpc) is 3.36. The molecule has 0 unspecified atom stereocenters. The van der Waals surface area contributed by atoms with Crippen molar-refractivity contribution in [3.8, 4) is 0 Å². The van der Waals surface area contributed by atoms with E-state index in [4.69, 9.17) is 9.73 Å². The normalized spacial score (nSPS) is 21.0. The summed E-state index contributed by atoms with van der Waals surface area (Å²) in [7, 11) is 1.67. The summed E-state index contributed by atoms with van der Waals surface area (Å²) in [6, 6.07) is 6.67. The van der Waals surface area contributed by atoms with E-state index in [0.717, 1.165) is 29.3 Å². The van der Waals surface area contributed by atoms with Crippen LogP contribution in [-0.4, -0.2) is 41.5 Å². The van der Waals surface area contributed by atoms with Crippen molar-refractivity contribution in [3.63, 3.8) is 0 Å². The van der Waals surface area contributed by atoms with Crippen LogP contribution in [0, 0.1) is 11.7 Å². The maximum absolute atomic E-state index is 13.4. The summed E-state index contributed by atoms with van der Waals surface area (Å²) >= 11 is 0. The predicted octanol–water partition coefficient (Wildman–Crippen LogP) is 3.83. The molecule has 3 aliphatic rings. The summed E-state index contributed by atoms with van der Waals surface area (Å²) in [6.45, 7) is 5.90. The van der Waals surface area contributed by atoms with E-state index in [9.17, 15) is 4.39 Å². The number of halogens is 1. The van der Waals surface area contributed by atoms with Crippen LogP contribution in [0.4, 0.5) is 4.39 Å². The van der Waals surface area contributed by atoms with Crippen LogP contribution in [0.25, 0.3) is 5.70 Å². The first-order chi connectivity index (χ1) is 12.0. The quantitative estimate of drug-likeness (QED) is 0.815. The van der Waals surface area contributed by atoms with Crippen molar-refractivity contribution >= 4 is 11.4 Å². The molecule has 4 rings (SSSR count). The van der Waals surface area contributed by atoms with Crippen molar-refractivity contribution in [2.75, 3.05) is 20.3 Å². The Morgan fingerprint density at radius 2 is 1.96 bits per heavy atom. The first-order valence-electron chi connectivity index (χ1n) is 8.82. The molecule has 0 saturated heterocycles. The number of ether oxygens (including phenoxy) is 1. The second kappa shape index (κ2) is 6.07. The summed E-state index contributed by atoms with van der Waals surface area (Å²) in [4.78, 5) is 4.76. The zero-order valence-electron chi connectivity index (χ0n) is 15.0. The van der Waals surface area contributed by atoms with E-state index in [0.29, 0.717) is 12.5 Å². The summed E-state index contributed by atoms with van der Waals surface area (Å²) in [5.41, 5.74) is 2.95. The van der Waals surface area contributed by atoms with Crippen LogP contribution in [0.3, 0.4) is 0 Å². The smallest absolute Gasteiger partial charge is 0.145 e. The maximum Gasteiger partial charge on any atom is 0.145 e. The summed E-state index contributed by atoms with van der Waals surface area (Å²) in [5.74, 6) is 1.42. The zero-order chi connectivity index (χ0) is 17.6. The molecule has 1 fully saturated rings. The molecule has 0 radical (unpaired) electrons. The molecule has 5 heteroatoms. The Morgan fingerprint density at radius 3 is 2.60 bits per heavy atom. The molecular formula is C20H24FN3O. The van der Waals surface area contributed by atoms with Crippen molar-refractivity contribution in [3.05, 3.63) is 53.6 Å². The van der Waals surface area contributed by atoms with Crippen LogP contribution < -0.4 is 0 Å². The second-order valence-corrected chi connectivity index (χ2v) is 7.46. The third kappa shape index (κ3) is 2.92. The number of benzene rings is 1. The SMILES string of the molecule is COCC1=NC2=CCN(C(C)(C)C3CC3)N2C(c2ccc(F)cc2)=C1. The van der Waals surface area contributed by atoms with Crippen molar-refractivity contribution in [2.45, 2.75) is 32.2 Å². The molecular weight excluding hydrogens is 317 g/mol. The molecule has 0 bridgehead atoms. The molecule has 2 heterocycles. The minimum atomic E-state index is -0.224. The monoisotopic (exact) mass is 341 g/mol. The topological polar surface area (TPSA) is 28.1 Å². The summed E-state index contributed by atoms with van der Waals surface area (Å²) in [6.07, 6.45) is 6.77. The van der Waals surface area contributed by atoms with Crippen LogP contribution in [-0.2, 0) is 4.74 Å². The number of rotatable bonds is 5. The molecule has 1 aliphatic carbocycles. The van der Waals surface area contributed by atoms with E-state index in [1.54, 1.807) is 7.11 Å². The molecule has 1 aromatic rings. The molecule has 0 spiro atoms. The molecule has 25 heavy (non-hydrogen) atoms. The molecule has 4 nitrogen and oxygen atoms in total. The van der Waals surface area contributed by atoms with Gasteiger partial charge in [0.15, 0.2) is 0 Å². The van der Waals surface area contributed by atoms with Gasteiger partial charge in [-0.3, -0.25) is 5.01 Å². The van der Waals surface area contributed by atoms with Gasteiger partial charge in [-0.1, -0.05) is 0 Å². The van der Waals surface area contributed by atoms with Crippen molar-refractivity contribution in [1.82, 2.24) is 10.0 Å². The minimum absolute atomic E-state index is 0.0612. The predicted molar refractivity (Wildman–Crippen MR) is 97.1 cm³/mol. The lowest BCUT2D eigenvalue weighted by Gasteiger charge is -2.44. The molecule has 0 amide bonds. The molecule has 0 N–H and O–H groups in total. The van der Waals surface area contributed by atoms with Gasteiger partial charge in [-0.2, -0.15) is 0 Å². The maximum atomic E-state index is 13.4. The molecule has 1 saturated carbocycles. The van der Waals surface area contributed by atoms with Gasteiger partial charge in [-0.05, 0) is 74.6 Å². The third-order valence-corrected chi connectivity index (χ3v) is 5.37. The number of fused-ring (bicyclic) bond motifs is 1. The first-order valence-corrected chi connectivity index (χ1v) is 8.82. The van der Waals surface area contributed by atoms with Gasteiger partial charge in [-0.25, -0.2) is 14.4 Å². The van der Waals surface area contributed by atoms with Crippen LogP contribution in [0.15, 0.2) is 47.2 Å². The number of methoxy groups -OCH3 is 1. The fourth-order valence-corrected chi connectivity index (χ4v) is 3.75. The second-order valence-electron chi connectivity index (χ2n) is 7.46. The fourth-order valence-electron chi connectivity index (χ4n) is 3.75. The van der Waals surface area contributed by atoms with Gasteiger partial charge in [0.05, 0.1) is 18.0 Å². The Bertz CT molecular complexity index is 760. The Labute approximate surface area is 148 Å². The van der Waals surface area contributed by atoms with Gasteiger partial charge in [0.1, 0.15) is 11.6 Å². The lowest BCUT2D eigenvalue weighted by molar-refractivity contribution is -0.0179. The average molecular weight is 341 g/mol. The number of hydrazine groups is 1. The van der Waals surface area contributed by atoms with Crippen LogP contribution in [0.5, 0.6) is 0 Å². The van der Waals surface area contributed by atoms with Crippen LogP contribution in [0.1, 0.15) is 32.3 Å². The molecule has 0 atom stereocenters. The molecule has 132 valence electrons. The highest BCUT2D eigenvalue weighted by atomic mass is 19.1. The Hall–Kier alpha value is -1.98. The van der Waals surface area contributed by atoms with Crippen molar-refractivity contribution < 1.29 is 9.13 Å². The first kappa shape index (κ1) is 16.5. The highest BCUT2D eigenvalue weighted by Gasteiger charge is 2.47. The summed E-state index contributed by atoms with van der Waals surface area (Å²) < 4.78 is 18.7. The van der Waals surface area contributed by atoms with E-state index >= 15 is 0 Å². The van der Waals surface area contributed by atoms with E-state index in [1.807, 2.05) is 12.1 Å². The Balaban J connectivity index is 1.75. The van der Waals surface area contributed by atoms with Gasteiger partial charge in [0.25, 0.3) is 0 Å². The van der Waals surface area contributed by atoms with Crippen LogP contribution >= 0.6 is 0 Å². The number of nitrogens with zero attached hydrogens (tertiary/aromatic N) is 3. The number of hydrogen-bond donors (Lipinski definition) is 0. The van der Waals surface area contributed by atoms with Gasteiger partial charge in [0.2, 0.25) is 0 Å². The molecule has 0 aromatic heterocycles. The lowest BCUT2D eigenvalue weighted by atomic mass is 9.97. The van der Waals surface area contributed by atoms with Crippen molar-refractivity contribution in [2.24, 2.45) is 10.9 Å². The van der Waals surface area contributed by atoms with E-state index in [-0.39, 0.29) is 11.4 Å². The fraction of sp³-hybridized carbons (Fsp3) is 0.450. The largest absolute Gasteiger partial charge is 0.378 e. The van der Waals surface area contributed by atoms with E-state index in [1.165, 1.54) is 25.0 Å². The highest BCUT2D eigenvalue weighted by molar-refractivity contribution is 6.03. The molecule has 1 aromatic carbocycles. The number of hydrogen-bond acceptors (Lipinski definition) is 4. The minimum Gasteiger partial charge on any atom is -0.378 e. The standard InChI is InChI=1S/C20H24FN3O/c1-20(2,15-6-7-15)23-11-10-19-22-17(13-25-3)12-18(24(19)23)14-4-8-16(21)9-5-14/h4-5,8-10,12,15H,6-7,11,13H2,1-3H3. The van der Waals surface area contributed by atoms with Gasteiger partial charge < -0.3 is 4.74 Å². The highest BCUT2D eigenvalue weighted by Crippen LogP contribution is 2.47. The molecule has 2 aliphatic heterocycles. The van der Waals surface area contributed by atoms with Gasteiger partial charge in [-0.15, -0.1) is 0 Å². The van der Waals surface area contributed by atoms with Gasteiger partial charge in [0, 0.05) is 19.2 Å². The summed E-state index contributed by atoms with van der Waals surface area (Å²) in [5, 5.41) is 4.59. The number of aliphatic imine (C=N–C) groups is 1. The van der Waals surface area contributed by atoms with Crippen molar-refractivity contribution in [1.29, 1.82) is 0 Å². The zero-order valence-corrected chi connectivity index (χ0v) is 15.0. The lowest BCUT2D eigenvalue weighted by Crippen LogP contribution is -2.52. The Kier molecular flexibility index (Phi) is 4.01. The van der Waals surface area contributed by atoms with E-state index in [2.05, 4.69) is 36.0 Å². The third-order valence-electron chi connectivity index (χ3n) is 5.37. The van der Waals surface area contributed by atoms with Crippen LogP contribution in [0.2, 0.25) is 0 Å². The van der Waals surface area contributed by atoms with E-state index < -0.39 is 0 Å².